The Bertz CT molecular complexity index is 1140. The van der Waals surface area contributed by atoms with Gasteiger partial charge in [0.25, 0.3) is 0 Å². The summed E-state index contributed by atoms with van der Waals surface area (Å²) in [5.41, 5.74) is 3.41. The van der Waals surface area contributed by atoms with Gasteiger partial charge in [-0.1, -0.05) is 48.5 Å². The molecule has 0 bridgehead atoms. The van der Waals surface area contributed by atoms with Gasteiger partial charge in [0.15, 0.2) is 0 Å². The molecule has 0 spiro atoms. The summed E-state index contributed by atoms with van der Waals surface area (Å²) in [5.74, 6) is 0.821. The minimum atomic E-state index is -0.547. The molecule has 4 rings (SSSR count). The Kier molecular flexibility index (Phi) is 9.15. The number of ether oxygens (including phenoxy) is 2. The summed E-state index contributed by atoms with van der Waals surface area (Å²) >= 11 is 0. The Morgan fingerprint density at radius 2 is 1.54 bits per heavy atom. The van der Waals surface area contributed by atoms with E-state index < -0.39 is 6.10 Å². The van der Waals surface area contributed by atoms with Gasteiger partial charge in [0, 0.05) is 54.7 Å². The van der Waals surface area contributed by atoms with Crippen LogP contribution in [0.1, 0.15) is 18.9 Å². The SMILES string of the molecule is CCOCCOc1ccc(CN(CCCO)C[C@@H](O)Cn2c3ccccc3c3ccccc32)cc1. The summed E-state index contributed by atoms with van der Waals surface area (Å²) in [5, 5.41) is 22.9. The normalized spacial score (nSPS) is 12.6. The largest absolute Gasteiger partial charge is 0.491 e. The van der Waals surface area contributed by atoms with Gasteiger partial charge in [0.05, 0.1) is 19.3 Å². The minimum Gasteiger partial charge on any atom is -0.491 e. The molecule has 0 unspecified atom stereocenters. The van der Waals surface area contributed by atoms with Crippen molar-refractivity contribution in [3.8, 4) is 5.75 Å². The van der Waals surface area contributed by atoms with Crippen molar-refractivity contribution >= 4 is 21.8 Å². The van der Waals surface area contributed by atoms with E-state index in [1.54, 1.807) is 0 Å². The molecule has 6 heteroatoms. The zero-order valence-corrected chi connectivity index (χ0v) is 20.5. The van der Waals surface area contributed by atoms with Gasteiger partial charge in [-0.25, -0.2) is 0 Å². The zero-order chi connectivity index (χ0) is 24.5. The number of aliphatic hydroxyl groups excluding tert-OH is 2. The highest BCUT2D eigenvalue weighted by molar-refractivity contribution is 6.07. The number of nitrogens with zero attached hydrogens (tertiary/aromatic N) is 2. The summed E-state index contributed by atoms with van der Waals surface area (Å²) in [6.45, 7) is 6.35. The molecule has 2 N–H and O–H groups in total. The molecule has 0 aliphatic rings. The molecule has 0 aliphatic heterocycles. The number of hydrogen-bond donors (Lipinski definition) is 2. The van der Waals surface area contributed by atoms with Gasteiger partial charge < -0.3 is 24.3 Å². The maximum absolute atomic E-state index is 11.1. The zero-order valence-electron chi connectivity index (χ0n) is 20.5. The number of aromatic nitrogens is 1. The van der Waals surface area contributed by atoms with Crippen LogP contribution >= 0.6 is 0 Å². The molecule has 0 fully saturated rings. The third kappa shape index (κ3) is 6.61. The molecule has 35 heavy (non-hydrogen) atoms. The van der Waals surface area contributed by atoms with Crippen molar-refractivity contribution in [2.24, 2.45) is 0 Å². The van der Waals surface area contributed by atoms with Crippen molar-refractivity contribution in [2.45, 2.75) is 32.5 Å². The second-order valence-electron chi connectivity index (χ2n) is 8.80. The Morgan fingerprint density at radius 1 is 0.886 bits per heavy atom. The van der Waals surface area contributed by atoms with Crippen LogP contribution in [0.25, 0.3) is 21.8 Å². The van der Waals surface area contributed by atoms with Crippen LogP contribution in [-0.2, 0) is 17.8 Å². The van der Waals surface area contributed by atoms with Gasteiger partial charge >= 0.3 is 0 Å². The molecule has 0 radical (unpaired) electrons. The maximum atomic E-state index is 11.1. The van der Waals surface area contributed by atoms with Gasteiger partial charge in [0.1, 0.15) is 12.4 Å². The Balaban J connectivity index is 1.42. The van der Waals surface area contributed by atoms with Crippen molar-refractivity contribution in [3.05, 3.63) is 78.4 Å². The van der Waals surface area contributed by atoms with Crippen LogP contribution in [0, 0.1) is 0 Å². The second-order valence-corrected chi connectivity index (χ2v) is 8.80. The number of benzene rings is 3. The fourth-order valence-corrected chi connectivity index (χ4v) is 4.61. The maximum Gasteiger partial charge on any atom is 0.119 e. The molecule has 0 aliphatic carbocycles. The molecule has 0 saturated heterocycles. The van der Waals surface area contributed by atoms with E-state index in [1.165, 1.54) is 10.8 Å². The van der Waals surface area contributed by atoms with E-state index in [1.807, 2.05) is 31.2 Å². The third-order valence-electron chi connectivity index (χ3n) is 6.20. The van der Waals surface area contributed by atoms with Crippen LogP contribution in [-0.4, -0.2) is 65.3 Å². The third-order valence-corrected chi connectivity index (χ3v) is 6.20. The number of rotatable bonds is 14. The number of para-hydroxylation sites is 2. The predicted molar refractivity (Wildman–Crippen MR) is 141 cm³/mol. The first-order chi connectivity index (χ1) is 17.2. The molecular weight excluding hydrogens is 440 g/mol. The van der Waals surface area contributed by atoms with Gasteiger partial charge in [0.2, 0.25) is 0 Å². The fraction of sp³-hybridized carbons (Fsp3) is 0.379. The van der Waals surface area contributed by atoms with Crippen molar-refractivity contribution in [3.63, 3.8) is 0 Å². The molecule has 4 aromatic rings. The highest BCUT2D eigenvalue weighted by Crippen LogP contribution is 2.29. The van der Waals surface area contributed by atoms with E-state index in [0.717, 1.165) is 22.3 Å². The number of hydrogen-bond acceptors (Lipinski definition) is 5. The standard InChI is InChI=1S/C29H36N2O4/c1-2-34-18-19-35-25-14-12-23(13-15-25)20-30(16-7-17-32)21-24(33)22-31-28-10-5-3-8-26(28)27-9-4-6-11-29(27)31/h3-6,8-15,24,32-33H,2,7,16-22H2,1H3/t24-/m1/s1. The van der Waals surface area contributed by atoms with Gasteiger partial charge in [-0.3, -0.25) is 4.90 Å². The van der Waals surface area contributed by atoms with Crippen LogP contribution in [0.3, 0.4) is 0 Å². The molecular formula is C29H36N2O4. The monoisotopic (exact) mass is 476 g/mol. The fourth-order valence-electron chi connectivity index (χ4n) is 4.61. The summed E-state index contributed by atoms with van der Waals surface area (Å²) < 4.78 is 13.2. The average Bonchev–Trinajstić information content (AvgIpc) is 3.20. The Morgan fingerprint density at radius 3 is 2.17 bits per heavy atom. The topological polar surface area (TPSA) is 67.1 Å². The van der Waals surface area contributed by atoms with Gasteiger partial charge in [-0.15, -0.1) is 0 Å². The van der Waals surface area contributed by atoms with E-state index in [4.69, 9.17) is 9.47 Å². The number of aliphatic hydroxyl groups is 2. The Hall–Kier alpha value is -2.90. The molecule has 0 amide bonds. The van der Waals surface area contributed by atoms with E-state index in [2.05, 4.69) is 58.0 Å². The van der Waals surface area contributed by atoms with Crippen molar-refractivity contribution in [1.82, 2.24) is 9.47 Å². The Labute approximate surface area is 207 Å². The first-order valence-electron chi connectivity index (χ1n) is 12.5. The summed E-state index contributed by atoms with van der Waals surface area (Å²) in [6, 6.07) is 24.8. The minimum absolute atomic E-state index is 0.131. The molecule has 6 nitrogen and oxygen atoms in total. The lowest BCUT2D eigenvalue weighted by Crippen LogP contribution is -2.35. The lowest BCUT2D eigenvalue weighted by Gasteiger charge is -2.26. The molecule has 1 atom stereocenters. The van der Waals surface area contributed by atoms with Crippen molar-refractivity contribution < 1.29 is 19.7 Å². The lowest BCUT2D eigenvalue weighted by molar-refractivity contribution is 0.0921. The van der Waals surface area contributed by atoms with E-state index in [0.29, 0.717) is 52.4 Å². The average molecular weight is 477 g/mol. The van der Waals surface area contributed by atoms with E-state index in [-0.39, 0.29) is 6.61 Å². The molecule has 3 aromatic carbocycles. The van der Waals surface area contributed by atoms with Gasteiger partial charge in [-0.05, 0) is 43.2 Å². The van der Waals surface area contributed by atoms with Crippen LogP contribution in [0.2, 0.25) is 0 Å². The first-order valence-corrected chi connectivity index (χ1v) is 12.5. The predicted octanol–water partition coefficient (Wildman–Crippen LogP) is 4.46. The van der Waals surface area contributed by atoms with Crippen LogP contribution in [0.5, 0.6) is 5.75 Å². The van der Waals surface area contributed by atoms with Crippen molar-refractivity contribution in [2.75, 3.05) is 39.5 Å². The summed E-state index contributed by atoms with van der Waals surface area (Å²) in [6.07, 6.45) is 0.120. The van der Waals surface area contributed by atoms with E-state index >= 15 is 0 Å². The second kappa shape index (κ2) is 12.7. The quantitative estimate of drug-likeness (QED) is 0.263. The first kappa shape index (κ1) is 25.2. The van der Waals surface area contributed by atoms with Gasteiger partial charge in [-0.2, -0.15) is 0 Å². The van der Waals surface area contributed by atoms with Crippen molar-refractivity contribution in [1.29, 1.82) is 0 Å². The van der Waals surface area contributed by atoms with Crippen LogP contribution in [0.15, 0.2) is 72.8 Å². The highest BCUT2D eigenvalue weighted by Gasteiger charge is 2.16. The van der Waals surface area contributed by atoms with E-state index in [9.17, 15) is 10.2 Å². The molecule has 0 saturated carbocycles. The summed E-state index contributed by atoms with van der Waals surface area (Å²) in [7, 11) is 0. The highest BCUT2D eigenvalue weighted by atomic mass is 16.5. The van der Waals surface area contributed by atoms with Crippen LogP contribution in [0.4, 0.5) is 0 Å². The van der Waals surface area contributed by atoms with Crippen LogP contribution < -0.4 is 4.74 Å². The number of fused-ring (bicyclic) bond motifs is 3. The molecule has 1 heterocycles. The lowest BCUT2D eigenvalue weighted by atomic mass is 10.2. The molecule has 186 valence electrons. The molecule has 1 aromatic heterocycles. The smallest absolute Gasteiger partial charge is 0.119 e. The summed E-state index contributed by atoms with van der Waals surface area (Å²) in [4.78, 5) is 2.21.